The van der Waals surface area contributed by atoms with Crippen LogP contribution in [0.25, 0.3) is 0 Å². The first kappa shape index (κ1) is 17.7. The molecule has 0 heterocycles. The maximum atomic E-state index is 12.1. The van der Waals surface area contributed by atoms with E-state index < -0.39 is 17.9 Å². The number of nitrogens with two attached hydrogens (primary N) is 1. The Morgan fingerprint density at radius 2 is 1.83 bits per heavy atom. The minimum absolute atomic E-state index is 0.163. The van der Waals surface area contributed by atoms with E-state index in [1.807, 2.05) is 62.4 Å². The van der Waals surface area contributed by atoms with E-state index in [1.54, 1.807) is 0 Å². The van der Waals surface area contributed by atoms with Gasteiger partial charge in [0.05, 0.1) is 12.5 Å². The second-order valence-corrected chi connectivity index (χ2v) is 5.76. The van der Waals surface area contributed by atoms with E-state index >= 15 is 0 Å². The number of anilines is 1. The first-order valence-electron chi connectivity index (χ1n) is 7.79. The van der Waals surface area contributed by atoms with Gasteiger partial charge in [-0.15, -0.1) is 0 Å². The maximum absolute atomic E-state index is 12.1. The van der Waals surface area contributed by atoms with Gasteiger partial charge in [-0.25, -0.2) is 0 Å². The highest BCUT2D eigenvalue weighted by Gasteiger charge is 2.19. The summed E-state index contributed by atoms with van der Waals surface area (Å²) in [5.74, 6) is -0.902. The van der Waals surface area contributed by atoms with Crippen LogP contribution >= 0.6 is 0 Å². The van der Waals surface area contributed by atoms with Crippen molar-refractivity contribution in [2.45, 2.75) is 32.9 Å². The van der Waals surface area contributed by atoms with Gasteiger partial charge < -0.3 is 15.8 Å². The molecule has 1 atom stereocenters. The van der Waals surface area contributed by atoms with Crippen LogP contribution in [0.4, 0.5) is 5.69 Å². The van der Waals surface area contributed by atoms with Gasteiger partial charge in [0.2, 0.25) is 5.91 Å². The van der Waals surface area contributed by atoms with Gasteiger partial charge in [-0.05, 0) is 31.0 Å². The summed E-state index contributed by atoms with van der Waals surface area (Å²) < 4.78 is 5.14. The summed E-state index contributed by atoms with van der Waals surface area (Å²) in [6, 6.07) is 14.1. The van der Waals surface area contributed by atoms with Crippen LogP contribution in [0, 0.1) is 13.8 Å². The third-order valence-corrected chi connectivity index (χ3v) is 3.61. The number of aryl methyl sites for hydroxylation is 2. The molecule has 0 aliphatic carbocycles. The largest absolute Gasteiger partial charge is 0.461 e. The fourth-order valence-electron chi connectivity index (χ4n) is 2.25. The molecule has 0 fully saturated rings. The Morgan fingerprint density at radius 3 is 2.50 bits per heavy atom. The number of nitrogens with one attached hydrogen (secondary N) is 1. The molecule has 0 bridgehead atoms. The van der Waals surface area contributed by atoms with Crippen LogP contribution in [0.5, 0.6) is 0 Å². The molecule has 126 valence electrons. The predicted octanol–water partition coefficient (Wildman–Crippen LogP) is 2.70. The lowest BCUT2D eigenvalue weighted by Gasteiger charge is -2.14. The standard InChI is InChI=1S/C19H22N2O3/c1-13-8-9-17(14(2)10-13)21-19(23)16(20)11-18(22)24-12-15-6-4-3-5-7-15/h3-10,16H,11-12,20H2,1-2H3,(H,21,23)/t16-/m0/s1. The van der Waals surface area contributed by atoms with E-state index in [2.05, 4.69) is 5.32 Å². The molecule has 1 amide bonds. The number of carbonyl (C=O) groups excluding carboxylic acids is 2. The van der Waals surface area contributed by atoms with Crippen molar-refractivity contribution in [1.82, 2.24) is 0 Å². The fourth-order valence-corrected chi connectivity index (χ4v) is 2.25. The molecule has 5 nitrogen and oxygen atoms in total. The van der Waals surface area contributed by atoms with Gasteiger partial charge in [-0.1, -0.05) is 48.0 Å². The van der Waals surface area contributed by atoms with Gasteiger partial charge in [-0.2, -0.15) is 0 Å². The molecular formula is C19H22N2O3. The SMILES string of the molecule is Cc1ccc(NC(=O)[C@@H](N)CC(=O)OCc2ccccc2)c(C)c1. The van der Waals surface area contributed by atoms with E-state index in [0.29, 0.717) is 5.69 Å². The molecule has 5 heteroatoms. The Hall–Kier alpha value is -2.66. The summed E-state index contributed by atoms with van der Waals surface area (Å²) in [5.41, 5.74) is 9.44. The summed E-state index contributed by atoms with van der Waals surface area (Å²) in [7, 11) is 0. The summed E-state index contributed by atoms with van der Waals surface area (Å²) in [4.78, 5) is 23.9. The van der Waals surface area contributed by atoms with Gasteiger partial charge in [0.1, 0.15) is 6.61 Å². The highest BCUT2D eigenvalue weighted by Crippen LogP contribution is 2.16. The molecule has 0 aliphatic rings. The quantitative estimate of drug-likeness (QED) is 0.800. The normalized spacial score (nSPS) is 11.6. The molecule has 0 aromatic heterocycles. The molecular weight excluding hydrogens is 304 g/mol. The minimum Gasteiger partial charge on any atom is -0.461 e. The van der Waals surface area contributed by atoms with Crippen LogP contribution in [0.3, 0.4) is 0 Å². The summed E-state index contributed by atoms with van der Waals surface area (Å²) in [6.07, 6.45) is -0.163. The zero-order valence-electron chi connectivity index (χ0n) is 13.9. The van der Waals surface area contributed by atoms with Crippen molar-refractivity contribution in [3.63, 3.8) is 0 Å². The van der Waals surface area contributed by atoms with Crippen molar-refractivity contribution in [3.05, 3.63) is 65.2 Å². The van der Waals surface area contributed by atoms with E-state index in [9.17, 15) is 9.59 Å². The number of esters is 1. The molecule has 2 aromatic rings. The number of amides is 1. The molecule has 0 saturated carbocycles. The van der Waals surface area contributed by atoms with Gasteiger partial charge in [0, 0.05) is 5.69 Å². The molecule has 2 aromatic carbocycles. The lowest BCUT2D eigenvalue weighted by Crippen LogP contribution is -2.38. The Morgan fingerprint density at radius 1 is 1.12 bits per heavy atom. The fraction of sp³-hybridized carbons (Fsp3) is 0.263. The molecule has 0 saturated heterocycles. The smallest absolute Gasteiger partial charge is 0.308 e. The number of rotatable bonds is 6. The first-order valence-corrected chi connectivity index (χ1v) is 7.79. The van der Waals surface area contributed by atoms with Gasteiger partial charge in [0.15, 0.2) is 0 Å². The third kappa shape index (κ3) is 5.21. The molecule has 0 unspecified atom stereocenters. The molecule has 2 rings (SSSR count). The zero-order chi connectivity index (χ0) is 17.5. The number of hydrogen-bond acceptors (Lipinski definition) is 4. The van der Waals surface area contributed by atoms with E-state index in [0.717, 1.165) is 16.7 Å². The van der Waals surface area contributed by atoms with Crippen molar-refractivity contribution in [1.29, 1.82) is 0 Å². The lowest BCUT2D eigenvalue weighted by molar-refractivity contribution is -0.146. The average Bonchev–Trinajstić information content (AvgIpc) is 2.56. The van der Waals surface area contributed by atoms with E-state index in [-0.39, 0.29) is 13.0 Å². The van der Waals surface area contributed by atoms with Crippen LogP contribution < -0.4 is 11.1 Å². The van der Waals surface area contributed by atoms with E-state index in [4.69, 9.17) is 10.5 Å². The van der Waals surface area contributed by atoms with Crippen molar-refractivity contribution >= 4 is 17.6 Å². The average molecular weight is 326 g/mol. The van der Waals surface area contributed by atoms with Crippen LogP contribution in [-0.2, 0) is 20.9 Å². The van der Waals surface area contributed by atoms with Crippen molar-refractivity contribution in [2.24, 2.45) is 5.73 Å². The van der Waals surface area contributed by atoms with E-state index in [1.165, 1.54) is 0 Å². The Bertz CT molecular complexity index is 714. The van der Waals surface area contributed by atoms with Crippen LogP contribution in [0.2, 0.25) is 0 Å². The molecule has 0 spiro atoms. The topological polar surface area (TPSA) is 81.4 Å². The maximum Gasteiger partial charge on any atom is 0.308 e. The summed E-state index contributed by atoms with van der Waals surface area (Å²) in [6.45, 7) is 4.06. The number of hydrogen-bond donors (Lipinski definition) is 2. The highest BCUT2D eigenvalue weighted by molar-refractivity contribution is 5.97. The Labute approximate surface area is 141 Å². The predicted molar refractivity (Wildman–Crippen MR) is 93.4 cm³/mol. The first-order chi connectivity index (χ1) is 11.5. The third-order valence-electron chi connectivity index (χ3n) is 3.61. The number of carbonyl (C=O) groups is 2. The second kappa shape index (κ2) is 8.26. The minimum atomic E-state index is -0.950. The monoisotopic (exact) mass is 326 g/mol. The highest BCUT2D eigenvalue weighted by atomic mass is 16.5. The van der Waals surface area contributed by atoms with Crippen LogP contribution in [0.1, 0.15) is 23.1 Å². The molecule has 3 N–H and O–H groups in total. The summed E-state index contributed by atoms with van der Waals surface area (Å²) >= 11 is 0. The van der Waals surface area contributed by atoms with Crippen molar-refractivity contribution in [3.8, 4) is 0 Å². The second-order valence-electron chi connectivity index (χ2n) is 5.76. The number of benzene rings is 2. The molecule has 24 heavy (non-hydrogen) atoms. The lowest BCUT2D eigenvalue weighted by atomic mass is 10.1. The van der Waals surface area contributed by atoms with Gasteiger partial charge in [0.25, 0.3) is 0 Å². The number of ether oxygens (including phenoxy) is 1. The van der Waals surface area contributed by atoms with Gasteiger partial charge >= 0.3 is 5.97 Å². The Kier molecular flexibility index (Phi) is 6.09. The molecule has 0 radical (unpaired) electrons. The van der Waals surface area contributed by atoms with Crippen molar-refractivity contribution in [2.75, 3.05) is 5.32 Å². The zero-order valence-corrected chi connectivity index (χ0v) is 13.9. The van der Waals surface area contributed by atoms with Crippen LogP contribution in [0.15, 0.2) is 48.5 Å². The summed E-state index contributed by atoms with van der Waals surface area (Å²) in [5, 5.41) is 2.74. The van der Waals surface area contributed by atoms with Crippen LogP contribution in [-0.4, -0.2) is 17.9 Å². The van der Waals surface area contributed by atoms with Crippen molar-refractivity contribution < 1.29 is 14.3 Å². The van der Waals surface area contributed by atoms with Gasteiger partial charge in [-0.3, -0.25) is 9.59 Å². The Balaban J connectivity index is 1.83. The molecule has 0 aliphatic heterocycles.